The normalized spacial score (nSPS) is 11.0. The summed E-state index contributed by atoms with van der Waals surface area (Å²) in [4.78, 5) is 17.0. The summed E-state index contributed by atoms with van der Waals surface area (Å²) < 4.78 is 1.68. The minimum Gasteiger partial charge on any atom is -0.384 e. The predicted octanol–water partition coefficient (Wildman–Crippen LogP) is 2.75. The van der Waals surface area contributed by atoms with E-state index in [1.165, 1.54) is 0 Å². The van der Waals surface area contributed by atoms with Gasteiger partial charge in [-0.1, -0.05) is 25.1 Å². The van der Waals surface area contributed by atoms with E-state index in [9.17, 15) is 4.79 Å². The summed E-state index contributed by atoms with van der Waals surface area (Å²) >= 11 is 0. The van der Waals surface area contributed by atoms with Crippen LogP contribution in [0, 0.1) is 0 Å². The molecule has 0 atom stereocenters. The van der Waals surface area contributed by atoms with Crippen molar-refractivity contribution in [1.29, 1.82) is 0 Å². The lowest BCUT2D eigenvalue weighted by Gasteiger charge is -2.11. The first-order chi connectivity index (χ1) is 10.1. The molecule has 0 saturated carbocycles. The van der Waals surface area contributed by atoms with E-state index < -0.39 is 0 Å². The number of aromatic nitrogens is 2. The molecule has 2 aromatic heterocycles. The Morgan fingerprint density at radius 3 is 2.67 bits per heavy atom. The summed E-state index contributed by atoms with van der Waals surface area (Å²) in [7, 11) is 1.80. The highest BCUT2D eigenvalue weighted by Crippen LogP contribution is 2.24. The van der Waals surface area contributed by atoms with Crippen molar-refractivity contribution in [3.05, 3.63) is 58.5 Å². The van der Waals surface area contributed by atoms with E-state index in [1.54, 1.807) is 17.7 Å². The Bertz CT molecular complexity index is 881. The van der Waals surface area contributed by atoms with Gasteiger partial charge in [-0.3, -0.25) is 4.79 Å². The maximum Gasteiger partial charge on any atom is 0.258 e. The van der Waals surface area contributed by atoms with E-state index in [0.29, 0.717) is 11.4 Å². The SMILES string of the molecule is CCc1nc(N)ccc1-c1cc2ccccc2n(C)c1=O. The smallest absolute Gasteiger partial charge is 0.258 e. The molecule has 2 heterocycles. The summed E-state index contributed by atoms with van der Waals surface area (Å²) in [6.07, 6.45) is 0.732. The van der Waals surface area contributed by atoms with E-state index in [4.69, 9.17) is 5.73 Å². The molecule has 106 valence electrons. The number of aryl methyl sites for hydroxylation is 2. The first-order valence-electron chi connectivity index (χ1n) is 6.96. The van der Waals surface area contributed by atoms with Gasteiger partial charge in [0, 0.05) is 18.2 Å². The molecule has 4 nitrogen and oxygen atoms in total. The zero-order valence-electron chi connectivity index (χ0n) is 12.1. The van der Waals surface area contributed by atoms with Crippen molar-refractivity contribution in [1.82, 2.24) is 9.55 Å². The Morgan fingerprint density at radius 1 is 1.14 bits per heavy atom. The van der Waals surface area contributed by atoms with Crippen LogP contribution in [0.15, 0.2) is 47.3 Å². The third kappa shape index (κ3) is 2.18. The van der Waals surface area contributed by atoms with Gasteiger partial charge < -0.3 is 10.3 Å². The molecule has 0 radical (unpaired) electrons. The van der Waals surface area contributed by atoms with Crippen LogP contribution >= 0.6 is 0 Å². The highest BCUT2D eigenvalue weighted by molar-refractivity contribution is 5.84. The number of rotatable bonds is 2. The molecular formula is C17H17N3O. The van der Waals surface area contributed by atoms with E-state index >= 15 is 0 Å². The summed E-state index contributed by atoms with van der Waals surface area (Å²) in [6, 6.07) is 13.4. The van der Waals surface area contributed by atoms with Crippen LogP contribution in [0.4, 0.5) is 5.82 Å². The number of nitrogens with zero attached hydrogens (tertiary/aromatic N) is 2. The van der Waals surface area contributed by atoms with E-state index in [-0.39, 0.29) is 5.56 Å². The Kier molecular flexibility index (Phi) is 3.22. The zero-order chi connectivity index (χ0) is 15.0. The van der Waals surface area contributed by atoms with Gasteiger partial charge in [-0.05, 0) is 36.1 Å². The van der Waals surface area contributed by atoms with Gasteiger partial charge in [0.25, 0.3) is 5.56 Å². The number of anilines is 1. The molecule has 4 heteroatoms. The second-order valence-electron chi connectivity index (χ2n) is 5.06. The molecule has 0 aliphatic carbocycles. The lowest BCUT2D eigenvalue weighted by Crippen LogP contribution is -2.19. The van der Waals surface area contributed by atoms with Crippen molar-refractivity contribution in [2.45, 2.75) is 13.3 Å². The molecule has 3 rings (SSSR count). The van der Waals surface area contributed by atoms with Crippen LogP contribution in [-0.4, -0.2) is 9.55 Å². The molecular weight excluding hydrogens is 262 g/mol. The van der Waals surface area contributed by atoms with Gasteiger partial charge in [-0.25, -0.2) is 4.98 Å². The Hall–Kier alpha value is -2.62. The van der Waals surface area contributed by atoms with Crippen molar-refractivity contribution >= 4 is 16.7 Å². The number of pyridine rings is 2. The molecule has 2 N–H and O–H groups in total. The number of nitrogen functional groups attached to an aromatic ring is 1. The molecule has 0 unspecified atom stereocenters. The van der Waals surface area contributed by atoms with E-state index in [1.807, 2.05) is 43.3 Å². The summed E-state index contributed by atoms with van der Waals surface area (Å²) in [5.74, 6) is 0.480. The highest BCUT2D eigenvalue weighted by atomic mass is 16.1. The fourth-order valence-electron chi connectivity index (χ4n) is 2.65. The van der Waals surface area contributed by atoms with Crippen LogP contribution in [0.1, 0.15) is 12.6 Å². The molecule has 21 heavy (non-hydrogen) atoms. The third-order valence-corrected chi connectivity index (χ3v) is 3.75. The quantitative estimate of drug-likeness (QED) is 0.784. The molecule has 1 aromatic carbocycles. The van der Waals surface area contributed by atoms with Crippen LogP contribution < -0.4 is 11.3 Å². The van der Waals surface area contributed by atoms with E-state index in [0.717, 1.165) is 28.6 Å². The summed E-state index contributed by atoms with van der Waals surface area (Å²) in [5.41, 5.74) is 9.03. The second-order valence-corrected chi connectivity index (χ2v) is 5.06. The van der Waals surface area contributed by atoms with Crippen molar-refractivity contribution in [2.24, 2.45) is 7.05 Å². The van der Waals surface area contributed by atoms with Crippen molar-refractivity contribution < 1.29 is 0 Å². The fourth-order valence-corrected chi connectivity index (χ4v) is 2.65. The molecule has 3 aromatic rings. The van der Waals surface area contributed by atoms with Crippen LogP contribution in [-0.2, 0) is 13.5 Å². The summed E-state index contributed by atoms with van der Waals surface area (Å²) in [6.45, 7) is 2.01. The van der Waals surface area contributed by atoms with Crippen LogP contribution in [0.5, 0.6) is 0 Å². The lowest BCUT2D eigenvalue weighted by atomic mass is 10.0. The first-order valence-corrected chi connectivity index (χ1v) is 6.96. The molecule has 0 fully saturated rings. The highest BCUT2D eigenvalue weighted by Gasteiger charge is 2.12. The lowest BCUT2D eigenvalue weighted by molar-refractivity contribution is 0.907. The third-order valence-electron chi connectivity index (χ3n) is 3.75. The molecule has 0 aliphatic rings. The monoisotopic (exact) mass is 279 g/mol. The number of hydrogen-bond donors (Lipinski definition) is 1. The minimum absolute atomic E-state index is 0.0185. The van der Waals surface area contributed by atoms with Crippen molar-refractivity contribution in [3.63, 3.8) is 0 Å². The van der Waals surface area contributed by atoms with Gasteiger partial charge in [-0.2, -0.15) is 0 Å². The second kappa shape index (κ2) is 5.05. The molecule has 0 bridgehead atoms. The summed E-state index contributed by atoms with van der Waals surface area (Å²) in [5, 5.41) is 1.04. The maximum absolute atomic E-state index is 12.6. The first kappa shape index (κ1) is 13.4. The number of benzene rings is 1. The Labute approximate surface area is 122 Å². The van der Waals surface area contributed by atoms with Gasteiger partial charge in [0.15, 0.2) is 0 Å². The number of fused-ring (bicyclic) bond motifs is 1. The van der Waals surface area contributed by atoms with E-state index in [2.05, 4.69) is 4.98 Å². The standard InChI is InChI=1S/C17H17N3O/c1-3-14-12(8-9-16(18)19-14)13-10-11-6-4-5-7-15(11)20(2)17(13)21/h4-10H,3H2,1-2H3,(H2,18,19). The van der Waals surface area contributed by atoms with Gasteiger partial charge >= 0.3 is 0 Å². The van der Waals surface area contributed by atoms with Gasteiger partial charge in [0.1, 0.15) is 5.82 Å². The topological polar surface area (TPSA) is 60.9 Å². The van der Waals surface area contributed by atoms with Crippen LogP contribution in [0.3, 0.4) is 0 Å². The van der Waals surface area contributed by atoms with Crippen LogP contribution in [0.25, 0.3) is 22.0 Å². The number of hydrogen-bond acceptors (Lipinski definition) is 3. The zero-order valence-corrected chi connectivity index (χ0v) is 12.1. The number of nitrogens with two attached hydrogens (primary N) is 1. The van der Waals surface area contributed by atoms with Crippen molar-refractivity contribution in [3.8, 4) is 11.1 Å². The van der Waals surface area contributed by atoms with Crippen molar-refractivity contribution in [2.75, 3.05) is 5.73 Å². The predicted molar refractivity (Wildman–Crippen MR) is 86.2 cm³/mol. The average Bonchev–Trinajstić information content (AvgIpc) is 2.51. The van der Waals surface area contributed by atoms with Gasteiger partial charge in [-0.15, -0.1) is 0 Å². The van der Waals surface area contributed by atoms with Crippen LogP contribution in [0.2, 0.25) is 0 Å². The number of para-hydroxylation sites is 1. The largest absolute Gasteiger partial charge is 0.384 e. The Balaban J connectivity index is 2.36. The minimum atomic E-state index is -0.0185. The molecule has 0 spiro atoms. The average molecular weight is 279 g/mol. The van der Waals surface area contributed by atoms with Gasteiger partial charge in [0.2, 0.25) is 0 Å². The van der Waals surface area contributed by atoms with Gasteiger partial charge in [0.05, 0.1) is 11.2 Å². The fraction of sp³-hybridized carbons (Fsp3) is 0.176. The molecule has 0 amide bonds. The maximum atomic E-state index is 12.6. The molecule has 0 saturated heterocycles. The molecule has 0 aliphatic heterocycles. The Morgan fingerprint density at radius 2 is 1.90 bits per heavy atom.